The second kappa shape index (κ2) is 8.03. The zero-order valence-electron chi connectivity index (χ0n) is 13.2. The summed E-state index contributed by atoms with van der Waals surface area (Å²) in [6, 6.07) is 4.97. The Balaban J connectivity index is 2.46. The van der Waals surface area contributed by atoms with Gasteiger partial charge in [0.05, 0.1) is 0 Å². The van der Waals surface area contributed by atoms with E-state index < -0.39 is 0 Å². The molecule has 1 heterocycles. The van der Waals surface area contributed by atoms with Gasteiger partial charge in [-0.2, -0.15) is 0 Å². The van der Waals surface area contributed by atoms with E-state index in [4.69, 9.17) is 0 Å². The zero-order chi connectivity index (χ0) is 14.3. The molecular weight excluding hydrogens is 252 g/mol. The molecule has 1 N–H and O–H groups in total. The number of nitrogens with zero attached hydrogens (tertiary/aromatic N) is 1. The Kier molecular flexibility index (Phi) is 7.05. The van der Waals surface area contributed by atoms with Crippen molar-refractivity contribution >= 4 is 11.3 Å². The Morgan fingerprint density at radius 3 is 2.53 bits per heavy atom. The van der Waals surface area contributed by atoms with Crippen LogP contribution in [0.3, 0.4) is 0 Å². The van der Waals surface area contributed by atoms with Crippen molar-refractivity contribution < 1.29 is 0 Å². The zero-order valence-corrected chi connectivity index (χ0v) is 14.0. The van der Waals surface area contributed by atoms with E-state index in [2.05, 4.69) is 62.3 Å². The minimum Gasteiger partial charge on any atom is -0.314 e. The van der Waals surface area contributed by atoms with Crippen LogP contribution in [0.25, 0.3) is 0 Å². The minimum absolute atomic E-state index is 0.332. The fourth-order valence-electron chi connectivity index (χ4n) is 2.37. The van der Waals surface area contributed by atoms with Crippen LogP contribution in [0, 0.1) is 5.41 Å². The van der Waals surface area contributed by atoms with Crippen LogP contribution in [0.2, 0.25) is 0 Å². The van der Waals surface area contributed by atoms with Gasteiger partial charge in [0.15, 0.2) is 0 Å². The molecule has 0 aromatic carbocycles. The number of rotatable bonds is 8. The molecule has 1 aromatic heterocycles. The van der Waals surface area contributed by atoms with Crippen molar-refractivity contribution in [3.63, 3.8) is 0 Å². The molecule has 0 radical (unpaired) electrons. The molecule has 0 aliphatic rings. The van der Waals surface area contributed by atoms with Gasteiger partial charge in [-0.25, -0.2) is 0 Å². The summed E-state index contributed by atoms with van der Waals surface area (Å²) in [5.74, 6) is 0. The van der Waals surface area contributed by atoms with Gasteiger partial charge in [0, 0.05) is 24.0 Å². The normalized spacial score (nSPS) is 14.0. The lowest BCUT2D eigenvalue weighted by molar-refractivity contribution is 0.207. The first kappa shape index (κ1) is 16.7. The molecule has 0 saturated carbocycles. The number of thiophene rings is 1. The summed E-state index contributed by atoms with van der Waals surface area (Å²) in [4.78, 5) is 4.01. The van der Waals surface area contributed by atoms with E-state index in [-0.39, 0.29) is 0 Å². The summed E-state index contributed by atoms with van der Waals surface area (Å²) in [5, 5.41) is 5.80. The molecule has 0 bridgehead atoms. The summed E-state index contributed by atoms with van der Waals surface area (Å²) in [6.07, 6.45) is 1.22. The summed E-state index contributed by atoms with van der Waals surface area (Å²) in [6.45, 7) is 15.9. The average molecular weight is 282 g/mol. The monoisotopic (exact) mass is 282 g/mol. The SMILES string of the molecule is CCNC(CCN(CC)Cc1cccs1)C(C)(C)C. The van der Waals surface area contributed by atoms with E-state index in [9.17, 15) is 0 Å². The van der Waals surface area contributed by atoms with Crippen LogP contribution < -0.4 is 5.32 Å². The van der Waals surface area contributed by atoms with Crippen LogP contribution >= 0.6 is 11.3 Å². The van der Waals surface area contributed by atoms with Gasteiger partial charge in [-0.1, -0.05) is 40.7 Å². The first-order chi connectivity index (χ1) is 8.97. The first-order valence-electron chi connectivity index (χ1n) is 7.45. The van der Waals surface area contributed by atoms with Crippen LogP contribution in [-0.4, -0.2) is 30.6 Å². The molecule has 110 valence electrons. The molecule has 3 heteroatoms. The standard InChI is InChI=1S/C16H30N2S/c1-6-17-15(16(3,4)5)10-11-18(7-2)13-14-9-8-12-19-14/h8-9,12,15,17H,6-7,10-11,13H2,1-5H3. The molecule has 0 aliphatic heterocycles. The predicted octanol–water partition coefficient (Wildman–Crippen LogP) is 3.98. The smallest absolute Gasteiger partial charge is 0.0327 e. The van der Waals surface area contributed by atoms with Crippen molar-refractivity contribution in [3.8, 4) is 0 Å². The summed E-state index contributed by atoms with van der Waals surface area (Å²) < 4.78 is 0. The topological polar surface area (TPSA) is 15.3 Å². The highest BCUT2D eigenvalue weighted by Crippen LogP contribution is 2.22. The maximum absolute atomic E-state index is 3.64. The lowest BCUT2D eigenvalue weighted by atomic mass is 9.84. The van der Waals surface area contributed by atoms with Crippen molar-refractivity contribution in [1.82, 2.24) is 10.2 Å². The number of nitrogens with one attached hydrogen (secondary N) is 1. The Morgan fingerprint density at radius 2 is 2.05 bits per heavy atom. The van der Waals surface area contributed by atoms with Crippen molar-refractivity contribution in [2.24, 2.45) is 5.41 Å². The highest BCUT2D eigenvalue weighted by Gasteiger charge is 2.23. The fourth-order valence-corrected chi connectivity index (χ4v) is 3.12. The van der Waals surface area contributed by atoms with Gasteiger partial charge < -0.3 is 5.32 Å². The Labute approximate surface area is 123 Å². The van der Waals surface area contributed by atoms with E-state index in [1.54, 1.807) is 0 Å². The second-order valence-corrected chi connectivity index (χ2v) is 7.25. The van der Waals surface area contributed by atoms with Crippen molar-refractivity contribution in [2.75, 3.05) is 19.6 Å². The lowest BCUT2D eigenvalue weighted by Gasteiger charge is -2.33. The van der Waals surface area contributed by atoms with Crippen LogP contribution in [0.5, 0.6) is 0 Å². The van der Waals surface area contributed by atoms with Gasteiger partial charge in [-0.15, -0.1) is 11.3 Å². The maximum atomic E-state index is 3.64. The minimum atomic E-state index is 0.332. The molecule has 1 rings (SSSR count). The molecule has 1 unspecified atom stereocenters. The van der Waals surface area contributed by atoms with Gasteiger partial charge >= 0.3 is 0 Å². The van der Waals surface area contributed by atoms with E-state index >= 15 is 0 Å². The van der Waals surface area contributed by atoms with Crippen LogP contribution in [0.15, 0.2) is 17.5 Å². The second-order valence-electron chi connectivity index (χ2n) is 6.21. The molecule has 0 fully saturated rings. The van der Waals surface area contributed by atoms with Crippen LogP contribution in [0.4, 0.5) is 0 Å². The maximum Gasteiger partial charge on any atom is 0.0327 e. The summed E-state index contributed by atoms with van der Waals surface area (Å²) in [5.41, 5.74) is 0.332. The van der Waals surface area contributed by atoms with Crippen molar-refractivity contribution in [1.29, 1.82) is 0 Å². The van der Waals surface area contributed by atoms with E-state index in [1.165, 1.54) is 17.8 Å². The third-order valence-electron chi connectivity index (χ3n) is 3.64. The molecular formula is C16H30N2S. The molecule has 0 saturated heterocycles. The van der Waals surface area contributed by atoms with Crippen molar-refractivity contribution in [3.05, 3.63) is 22.4 Å². The third-order valence-corrected chi connectivity index (χ3v) is 4.50. The Bertz CT molecular complexity index is 327. The Hall–Kier alpha value is -0.380. The van der Waals surface area contributed by atoms with Crippen LogP contribution in [-0.2, 0) is 6.54 Å². The van der Waals surface area contributed by atoms with Gasteiger partial charge in [0.1, 0.15) is 0 Å². The quantitative estimate of drug-likeness (QED) is 0.776. The Morgan fingerprint density at radius 1 is 1.32 bits per heavy atom. The molecule has 0 aliphatic carbocycles. The largest absolute Gasteiger partial charge is 0.314 e. The van der Waals surface area contributed by atoms with Gasteiger partial charge in [-0.3, -0.25) is 4.90 Å². The molecule has 2 nitrogen and oxygen atoms in total. The highest BCUT2D eigenvalue weighted by molar-refractivity contribution is 7.09. The molecule has 19 heavy (non-hydrogen) atoms. The van der Waals surface area contributed by atoms with E-state index in [0.717, 1.165) is 19.6 Å². The first-order valence-corrected chi connectivity index (χ1v) is 8.33. The summed E-state index contributed by atoms with van der Waals surface area (Å²) >= 11 is 1.86. The predicted molar refractivity (Wildman–Crippen MR) is 86.8 cm³/mol. The third kappa shape index (κ3) is 6.07. The summed E-state index contributed by atoms with van der Waals surface area (Å²) in [7, 11) is 0. The fraction of sp³-hybridized carbons (Fsp3) is 0.750. The van der Waals surface area contributed by atoms with E-state index in [0.29, 0.717) is 11.5 Å². The van der Waals surface area contributed by atoms with Gasteiger partial charge in [-0.05, 0) is 36.4 Å². The van der Waals surface area contributed by atoms with Gasteiger partial charge in [0.2, 0.25) is 0 Å². The molecule has 1 atom stereocenters. The number of hydrogen-bond donors (Lipinski definition) is 1. The van der Waals surface area contributed by atoms with Gasteiger partial charge in [0.25, 0.3) is 0 Å². The average Bonchev–Trinajstić information content (AvgIpc) is 2.84. The van der Waals surface area contributed by atoms with E-state index in [1.807, 2.05) is 11.3 Å². The number of hydrogen-bond acceptors (Lipinski definition) is 3. The van der Waals surface area contributed by atoms with Crippen LogP contribution in [0.1, 0.15) is 45.9 Å². The lowest BCUT2D eigenvalue weighted by Crippen LogP contribution is -2.42. The highest BCUT2D eigenvalue weighted by atomic mass is 32.1. The molecule has 1 aromatic rings. The molecule has 0 amide bonds. The van der Waals surface area contributed by atoms with Crippen molar-refractivity contribution in [2.45, 2.75) is 53.6 Å². The molecule has 0 spiro atoms.